The lowest BCUT2D eigenvalue weighted by atomic mass is 10.2. The zero-order valence-corrected chi connectivity index (χ0v) is 14.5. The second-order valence-corrected chi connectivity index (χ2v) is 7.98. The van der Waals surface area contributed by atoms with Gasteiger partial charge >= 0.3 is 0 Å². The first kappa shape index (κ1) is 16.8. The van der Waals surface area contributed by atoms with Crippen molar-refractivity contribution < 1.29 is 12.8 Å². The maximum absolute atomic E-state index is 13.3. The van der Waals surface area contributed by atoms with E-state index in [2.05, 4.69) is 9.71 Å². The first-order valence-corrected chi connectivity index (χ1v) is 9.56. The van der Waals surface area contributed by atoms with Crippen LogP contribution in [0.1, 0.15) is 11.1 Å². The van der Waals surface area contributed by atoms with Crippen LogP contribution < -0.4 is 4.72 Å². The molecule has 2 aromatic heterocycles. The zero-order valence-electron chi connectivity index (χ0n) is 12.9. The van der Waals surface area contributed by atoms with E-state index in [1.807, 2.05) is 23.6 Å². The summed E-state index contributed by atoms with van der Waals surface area (Å²) >= 11 is 1.57. The van der Waals surface area contributed by atoms with Crippen LogP contribution in [0.4, 0.5) is 4.39 Å². The van der Waals surface area contributed by atoms with Gasteiger partial charge in [-0.15, -0.1) is 11.3 Å². The topological polar surface area (TPSA) is 59.1 Å². The summed E-state index contributed by atoms with van der Waals surface area (Å²) in [5.41, 5.74) is 1.90. The highest BCUT2D eigenvalue weighted by Gasteiger charge is 2.15. The number of aryl methyl sites for hydroxylation is 1. The number of nitrogens with one attached hydrogen (secondary N) is 1. The molecule has 1 N–H and O–H groups in total. The summed E-state index contributed by atoms with van der Waals surface area (Å²) in [6.45, 7) is 1.67. The smallest absolute Gasteiger partial charge is 0.240 e. The summed E-state index contributed by atoms with van der Waals surface area (Å²) < 4.78 is 40.5. The van der Waals surface area contributed by atoms with Gasteiger partial charge in [0.2, 0.25) is 10.0 Å². The third-order valence-corrected chi connectivity index (χ3v) is 5.80. The number of thiophene rings is 1. The van der Waals surface area contributed by atoms with Gasteiger partial charge in [0.05, 0.1) is 15.5 Å². The van der Waals surface area contributed by atoms with Crippen LogP contribution in [0.15, 0.2) is 58.9 Å². The van der Waals surface area contributed by atoms with Gasteiger partial charge in [-0.3, -0.25) is 4.98 Å². The zero-order chi connectivity index (χ0) is 17.2. The van der Waals surface area contributed by atoms with Crippen molar-refractivity contribution in [2.75, 3.05) is 0 Å². The largest absolute Gasteiger partial charge is 0.255 e. The molecular weight excluding hydrogens is 347 g/mol. The molecule has 0 aliphatic heterocycles. The summed E-state index contributed by atoms with van der Waals surface area (Å²) in [6.07, 6.45) is 1.65. The molecule has 124 valence electrons. The van der Waals surface area contributed by atoms with Crippen LogP contribution in [-0.2, 0) is 16.6 Å². The Morgan fingerprint density at radius 3 is 2.75 bits per heavy atom. The molecule has 3 rings (SSSR count). The van der Waals surface area contributed by atoms with Crippen LogP contribution in [0.25, 0.3) is 10.6 Å². The van der Waals surface area contributed by atoms with Crippen LogP contribution >= 0.6 is 11.3 Å². The Morgan fingerprint density at radius 2 is 2.04 bits per heavy atom. The Balaban J connectivity index is 1.77. The number of benzene rings is 1. The summed E-state index contributed by atoms with van der Waals surface area (Å²) in [6, 6.07) is 11.2. The van der Waals surface area contributed by atoms with E-state index in [1.165, 1.54) is 19.1 Å². The Kier molecular flexibility index (Phi) is 4.75. The number of hydrogen-bond donors (Lipinski definition) is 1. The Bertz CT molecular complexity index is 954. The molecule has 0 bridgehead atoms. The van der Waals surface area contributed by atoms with Crippen LogP contribution in [0.2, 0.25) is 0 Å². The van der Waals surface area contributed by atoms with Crippen LogP contribution in [0.5, 0.6) is 0 Å². The molecule has 0 saturated heterocycles. The SMILES string of the molecule is Cc1cc(S(=O)(=O)NCc2ccnc(-c3cccs3)c2)ccc1F. The Labute approximate surface area is 144 Å². The van der Waals surface area contributed by atoms with Gasteiger partial charge in [0.25, 0.3) is 0 Å². The number of nitrogens with zero attached hydrogens (tertiary/aromatic N) is 1. The first-order valence-electron chi connectivity index (χ1n) is 7.20. The number of aromatic nitrogens is 1. The molecule has 1 aromatic carbocycles. The highest BCUT2D eigenvalue weighted by atomic mass is 32.2. The first-order chi connectivity index (χ1) is 11.5. The highest BCUT2D eigenvalue weighted by molar-refractivity contribution is 7.89. The predicted octanol–water partition coefficient (Wildman–Crippen LogP) is 3.74. The van der Waals surface area contributed by atoms with Gasteiger partial charge in [-0.2, -0.15) is 0 Å². The molecule has 0 unspecified atom stereocenters. The molecule has 0 radical (unpaired) electrons. The van der Waals surface area contributed by atoms with E-state index in [0.717, 1.165) is 22.2 Å². The molecule has 0 amide bonds. The average molecular weight is 362 g/mol. The number of sulfonamides is 1. The molecular formula is C17H15FN2O2S2. The fourth-order valence-electron chi connectivity index (χ4n) is 2.19. The van der Waals surface area contributed by atoms with Crippen molar-refractivity contribution in [3.8, 4) is 10.6 Å². The Morgan fingerprint density at radius 1 is 1.21 bits per heavy atom. The van der Waals surface area contributed by atoms with Gasteiger partial charge in [0.15, 0.2) is 0 Å². The summed E-state index contributed by atoms with van der Waals surface area (Å²) in [5.74, 6) is -0.427. The molecule has 2 heterocycles. The maximum Gasteiger partial charge on any atom is 0.240 e. The summed E-state index contributed by atoms with van der Waals surface area (Å²) in [5, 5.41) is 1.96. The fourth-order valence-corrected chi connectivity index (χ4v) is 3.99. The van der Waals surface area contributed by atoms with Crippen LogP contribution in [0, 0.1) is 12.7 Å². The number of halogens is 1. The van der Waals surface area contributed by atoms with Gasteiger partial charge < -0.3 is 0 Å². The van der Waals surface area contributed by atoms with Gasteiger partial charge in [0, 0.05) is 12.7 Å². The van der Waals surface area contributed by atoms with Gasteiger partial charge in [-0.25, -0.2) is 17.5 Å². The number of hydrogen-bond acceptors (Lipinski definition) is 4. The van der Waals surface area contributed by atoms with Gasteiger partial charge in [-0.1, -0.05) is 6.07 Å². The molecule has 0 aliphatic rings. The summed E-state index contributed by atoms with van der Waals surface area (Å²) in [7, 11) is -3.70. The second-order valence-electron chi connectivity index (χ2n) is 5.26. The van der Waals surface area contributed by atoms with E-state index < -0.39 is 15.8 Å². The van der Waals surface area contributed by atoms with E-state index >= 15 is 0 Å². The highest BCUT2D eigenvalue weighted by Crippen LogP contribution is 2.23. The molecule has 0 aliphatic carbocycles. The number of pyridine rings is 1. The second kappa shape index (κ2) is 6.80. The third-order valence-electron chi connectivity index (χ3n) is 3.50. The van der Waals surface area contributed by atoms with Crippen LogP contribution in [-0.4, -0.2) is 13.4 Å². The minimum absolute atomic E-state index is 0.0499. The van der Waals surface area contributed by atoms with E-state index in [4.69, 9.17) is 0 Å². The summed E-state index contributed by atoms with van der Waals surface area (Å²) in [4.78, 5) is 5.37. The van der Waals surface area contributed by atoms with E-state index in [0.29, 0.717) is 5.56 Å². The van der Waals surface area contributed by atoms with E-state index in [9.17, 15) is 12.8 Å². The van der Waals surface area contributed by atoms with E-state index in [1.54, 1.807) is 23.6 Å². The van der Waals surface area contributed by atoms with E-state index in [-0.39, 0.29) is 11.4 Å². The fraction of sp³-hybridized carbons (Fsp3) is 0.118. The normalized spacial score (nSPS) is 11.6. The van der Waals surface area contributed by atoms with Crippen molar-refractivity contribution >= 4 is 21.4 Å². The minimum Gasteiger partial charge on any atom is -0.255 e. The molecule has 3 aromatic rings. The lowest BCUT2D eigenvalue weighted by molar-refractivity contribution is 0.579. The molecule has 0 atom stereocenters. The van der Waals surface area contributed by atoms with Crippen molar-refractivity contribution in [2.24, 2.45) is 0 Å². The predicted molar refractivity (Wildman–Crippen MR) is 92.7 cm³/mol. The van der Waals surface area contributed by atoms with Crippen molar-refractivity contribution in [1.29, 1.82) is 0 Å². The average Bonchev–Trinajstić information content (AvgIpc) is 3.10. The number of rotatable bonds is 5. The van der Waals surface area contributed by atoms with Crippen molar-refractivity contribution in [2.45, 2.75) is 18.4 Å². The molecule has 4 nitrogen and oxygen atoms in total. The van der Waals surface area contributed by atoms with Crippen molar-refractivity contribution in [1.82, 2.24) is 9.71 Å². The molecule has 0 saturated carbocycles. The Hall–Kier alpha value is -2.09. The van der Waals surface area contributed by atoms with Crippen molar-refractivity contribution in [3.05, 3.63) is 71.0 Å². The van der Waals surface area contributed by atoms with Crippen LogP contribution in [0.3, 0.4) is 0 Å². The lowest BCUT2D eigenvalue weighted by Gasteiger charge is -2.08. The molecule has 0 spiro atoms. The molecule has 24 heavy (non-hydrogen) atoms. The van der Waals surface area contributed by atoms with Gasteiger partial charge in [0.1, 0.15) is 5.82 Å². The minimum atomic E-state index is -3.70. The molecule has 7 heteroatoms. The quantitative estimate of drug-likeness (QED) is 0.752. The maximum atomic E-state index is 13.3. The lowest BCUT2D eigenvalue weighted by Crippen LogP contribution is -2.23. The van der Waals surface area contributed by atoms with Gasteiger partial charge in [-0.05, 0) is 59.8 Å². The standard InChI is InChI=1S/C17H15FN2O2S2/c1-12-9-14(4-5-15(12)18)24(21,22)20-11-13-6-7-19-16(10-13)17-3-2-8-23-17/h2-10,20H,11H2,1H3. The third kappa shape index (κ3) is 3.69. The van der Waals surface area contributed by atoms with Crippen molar-refractivity contribution in [3.63, 3.8) is 0 Å². The monoisotopic (exact) mass is 362 g/mol. The molecule has 0 fully saturated rings.